The van der Waals surface area contributed by atoms with Gasteiger partial charge in [0, 0.05) is 6.04 Å². The quantitative estimate of drug-likeness (QED) is 0.866. The molecule has 20 heavy (non-hydrogen) atoms. The average Bonchev–Trinajstić information content (AvgIpc) is 2.48. The molecular formula is C16H23ClN2O. The number of carbonyl (C=O) groups is 1. The first-order valence-corrected chi connectivity index (χ1v) is 7.82. The number of carbonyl (C=O) groups excluding carboxylic acids is 1. The van der Waals surface area contributed by atoms with E-state index in [0.717, 1.165) is 0 Å². The molecule has 0 heterocycles. The van der Waals surface area contributed by atoms with Crippen LogP contribution >= 0.6 is 11.6 Å². The molecule has 0 radical (unpaired) electrons. The van der Waals surface area contributed by atoms with E-state index in [1.54, 1.807) is 6.07 Å². The highest BCUT2D eigenvalue weighted by molar-refractivity contribution is 6.33. The molecule has 0 saturated heterocycles. The summed E-state index contributed by atoms with van der Waals surface area (Å²) in [6.07, 6.45) is 6.56. The Labute approximate surface area is 126 Å². The summed E-state index contributed by atoms with van der Waals surface area (Å²) in [6, 6.07) is 7.69. The molecule has 3 nitrogen and oxygen atoms in total. The van der Waals surface area contributed by atoms with Crippen LogP contribution in [0.3, 0.4) is 0 Å². The van der Waals surface area contributed by atoms with Gasteiger partial charge >= 0.3 is 0 Å². The lowest BCUT2D eigenvalue weighted by Crippen LogP contribution is -2.39. The van der Waals surface area contributed by atoms with E-state index in [0.29, 0.717) is 29.2 Å². The number of halogens is 1. The van der Waals surface area contributed by atoms with Crippen LogP contribution < -0.4 is 10.6 Å². The van der Waals surface area contributed by atoms with E-state index < -0.39 is 0 Å². The first-order valence-electron chi connectivity index (χ1n) is 7.44. The normalized spacial score (nSPS) is 17.7. The Morgan fingerprint density at radius 2 is 2.00 bits per heavy atom. The maximum absolute atomic E-state index is 11.9. The molecule has 1 aromatic rings. The van der Waals surface area contributed by atoms with Crippen molar-refractivity contribution in [3.05, 3.63) is 29.3 Å². The monoisotopic (exact) mass is 294 g/mol. The third-order valence-corrected chi connectivity index (χ3v) is 4.42. The minimum atomic E-state index is -0.0410. The van der Waals surface area contributed by atoms with Crippen molar-refractivity contribution >= 4 is 23.2 Å². The van der Waals surface area contributed by atoms with Crippen LogP contribution in [0.15, 0.2) is 24.3 Å². The van der Waals surface area contributed by atoms with Crippen LogP contribution in [0.5, 0.6) is 0 Å². The molecule has 1 amide bonds. The molecule has 2 N–H and O–H groups in total. The van der Waals surface area contributed by atoms with Gasteiger partial charge < -0.3 is 10.6 Å². The van der Waals surface area contributed by atoms with Crippen LogP contribution in [-0.4, -0.2) is 18.5 Å². The first kappa shape index (κ1) is 15.3. The standard InChI is InChI=1S/C16H23ClN2O/c1-12(13-7-3-2-4-8-13)18-11-16(20)19-15-10-6-5-9-14(15)17/h5-6,9-10,12-13,18H,2-4,7-8,11H2,1H3,(H,19,20)/t12-/m1/s1. The lowest BCUT2D eigenvalue weighted by Gasteiger charge is -2.28. The van der Waals surface area contributed by atoms with Gasteiger partial charge in [-0.15, -0.1) is 0 Å². The van der Waals surface area contributed by atoms with E-state index in [1.165, 1.54) is 32.1 Å². The van der Waals surface area contributed by atoms with Crippen molar-refractivity contribution in [2.24, 2.45) is 5.92 Å². The van der Waals surface area contributed by atoms with Gasteiger partial charge in [0.15, 0.2) is 0 Å². The van der Waals surface area contributed by atoms with Crippen molar-refractivity contribution in [1.29, 1.82) is 0 Å². The molecule has 1 fully saturated rings. The summed E-state index contributed by atoms with van der Waals surface area (Å²) in [5.74, 6) is 0.664. The summed E-state index contributed by atoms with van der Waals surface area (Å²) in [4.78, 5) is 11.9. The largest absolute Gasteiger partial charge is 0.324 e. The first-order chi connectivity index (χ1) is 9.66. The molecule has 4 heteroatoms. The summed E-state index contributed by atoms with van der Waals surface area (Å²) in [6.45, 7) is 2.52. The summed E-state index contributed by atoms with van der Waals surface area (Å²) in [7, 11) is 0. The molecule has 110 valence electrons. The second-order valence-electron chi connectivity index (χ2n) is 5.60. The number of hydrogen-bond acceptors (Lipinski definition) is 2. The van der Waals surface area contributed by atoms with Gasteiger partial charge in [0.25, 0.3) is 0 Å². The summed E-state index contributed by atoms with van der Waals surface area (Å²) < 4.78 is 0. The Balaban J connectivity index is 1.76. The third-order valence-electron chi connectivity index (χ3n) is 4.09. The Morgan fingerprint density at radius 1 is 1.30 bits per heavy atom. The Bertz CT molecular complexity index is 444. The van der Waals surface area contributed by atoms with E-state index in [9.17, 15) is 4.79 Å². The molecule has 1 aliphatic carbocycles. The van der Waals surface area contributed by atoms with Crippen LogP contribution in [0.25, 0.3) is 0 Å². The lowest BCUT2D eigenvalue weighted by molar-refractivity contribution is -0.115. The number of benzene rings is 1. The number of para-hydroxylation sites is 1. The SMILES string of the molecule is C[C@@H](NCC(=O)Nc1ccccc1Cl)C1CCCCC1. The zero-order valence-electron chi connectivity index (χ0n) is 12.0. The second-order valence-corrected chi connectivity index (χ2v) is 6.00. The number of amides is 1. The van der Waals surface area contributed by atoms with Crippen LogP contribution in [0.2, 0.25) is 5.02 Å². The fourth-order valence-corrected chi connectivity index (χ4v) is 2.99. The number of nitrogens with one attached hydrogen (secondary N) is 2. The van der Waals surface area contributed by atoms with Crippen molar-refractivity contribution < 1.29 is 4.79 Å². The summed E-state index contributed by atoms with van der Waals surface area (Å²) in [5, 5.41) is 6.74. The Morgan fingerprint density at radius 3 is 2.70 bits per heavy atom. The zero-order valence-corrected chi connectivity index (χ0v) is 12.7. The lowest BCUT2D eigenvalue weighted by atomic mass is 9.84. The molecule has 2 rings (SSSR count). The van der Waals surface area contributed by atoms with Gasteiger partial charge in [-0.1, -0.05) is 43.0 Å². The van der Waals surface area contributed by atoms with Gasteiger partial charge in [0.2, 0.25) is 5.91 Å². The van der Waals surface area contributed by atoms with Gasteiger partial charge in [0.05, 0.1) is 17.3 Å². The van der Waals surface area contributed by atoms with Crippen molar-refractivity contribution in [3.8, 4) is 0 Å². The fourth-order valence-electron chi connectivity index (χ4n) is 2.81. The Kier molecular flexibility index (Phi) is 5.86. The number of rotatable bonds is 5. The summed E-state index contributed by atoms with van der Waals surface area (Å²) >= 11 is 6.02. The van der Waals surface area contributed by atoms with Crippen molar-refractivity contribution in [2.75, 3.05) is 11.9 Å². The summed E-state index contributed by atoms with van der Waals surface area (Å²) in [5.41, 5.74) is 0.672. The second kappa shape index (κ2) is 7.65. The predicted molar refractivity (Wildman–Crippen MR) is 84.1 cm³/mol. The number of hydrogen-bond donors (Lipinski definition) is 2. The minimum Gasteiger partial charge on any atom is -0.324 e. The number of anilines is 1. The van der Waals surface area contributed by atoms with Crippen LogP contribution in [0.1, 0.15) is 39.0 Å². The molecule has 0 bridgehead atoms. The smallest absolute Gasteiger partial charge is 0.238 e. The Hall–Kier alpha value is -1.06. The molecule has 1 saturated carbocycles. The highest BCUT2D eigenvalue weighted by Gasteiger charge is 2.20. The van der Waals surface area contributed by atoms with Gasteiger partial charge in [0.1, 0.15) is 0 Å². The van der Waals surface area contributed by atoms with E-state index in [1.807, 2.05) is 18.2 Å². The van der Waals surface area contributed by atoms with Crippen molar-refractivity contribution in [1.82, 2.24) is 5.32 Å². The highest BCUT2D eigenvalue weighted by Crippen LogP contribution is 2.26. The molecule has 1 aromatic carbocycles. The van der Waals surface area contributed by atoms with Crippen molar-refractivity contribution in [2.45, 2.75) is 45.1 Å². The maximum Gasteiger partial charge on any atom is 0.238 e. The van der Waals surface area contributed by atoms with E-state index in [-0.39, 0.29) is 5.91 Å². The van der Waals surface area contributed by atoms with Gasteiger partial charge in [-0.2, -0.15) is 0 Å². The topological polar surface area (TPSA) is 41.1 Å². The highest BCUT2D eigenvalue weighted by atomic mass is 35.5. The molecule has 0 unspecified atom stereocenters. The van der Waals surface area contributed by atoms with Gasteiger partial charge in [-0.3, -0.25) is 4.79 Å². The van der Waals surface area contributed by atoms with Crippen LogP contribution in [-0.2, 0) is 4.79 Å². The fraction of sp³-hybridized carbons (Fsp3) is 0.562. The third kappa shape index (κ3) is 4.50. The van der Waals surface area contributed by atoms with Crippen molar-refractivity contribution in [3.63, 3.8) is 0 Å². The molecule has 0 aliphatic heterocycles. The molecular weight excluding hydrogens is 272 g/mol. The van der Waals surface area contributed by atoms with E-state index in [4.69, 9.17) is 11.6 Å². The minimum absolute atomic E-state index is 0.0410. The predicted octanol–water partition coefficient (Wildman–Crippen LogP) is 3.84. The molecule has 0 spiro atoms. The van der Waals surface area contributed by atoms with Crippen LogP contribution in [0.4, 0.5) is 5.69 Å². The van der Waals surface area contributed by atoms with E-state index in [2.05, 4.69) is 17.6 Å². The van der Waals surface area contributed by atoms with Gasteiger partial charge in [-0.05, 0) is 37.8 Å². The van der Waals surface area contributed by atoms with E-state index >= 15 is 0 Å². The average molecular weight is 295 g/mol. The van der Waals surface area contributed by atoms with Crippen LogP contribution in [0, 0.1) is 5.92 Å². The maximum atomic E-state index is 11.9. The molecule has 1 aliphatic rings. The zero-order chi connectivity index (χ0) is 14.4. The van der Waals surface area contributed by atoms with Gasteiger partial charge in [-0.25, -0.2) is 0 Å². The molecule has 1 atom stereocenters. The molecule has 0 aromatic heterocycles.